The minimum absolute atomic E-state index is 0.0512. The fraction of sp³-hybridized carbons (Fsp3) is 1.00. The summed E-state index contributed by atoms with van der Waals surface area (Å²) >= 11 is 0. The van der Waals surface area contributed by atoms with Gasteiger partial charge in [0.25, 0.3) is 20.2 Å². The summed E-state index contributed by atoms with van der Waals surface area (Å²) in [7, 11) is -8.59. The zero-order valence-electron chi connectivity index (χ0n) is 17.1. The van der Waals surface area contributed by atoms with E-state index in [1.807, 2.05) is 4.90 Å². The molecular weight excluding hydrogens is 440 g/mol. The Morgan fingerprint density at radius 1 is 0.967 bits per heavy atom. The summed E-state index contributed by atoms with van der Waals surface area (Å²) in [5, 5.41) is 20.6. The largest absolute Gasteiger partial charge is 0.395 e. The van der Waals surface area contributed by atoms with E-state index >= 15 is 0 Å². The van der Waals surface area contributed by atoms with Gasteiger partial charge in [-0.2, -0.15) is 16.8 Å². The highest BCUT2D eigenvalue weighted by Gasteiger charge is 2.43. The highest BCUT2D eigenvalue weighted by atomic mass is 32.2. The molecule has 0 aromatic carbocycles. The number of aliphatic hydroxyl groups is 2. The van der Waals surface area contributed by atoms with E-state index in [0.29, 0.717) is 45.8 Å². The topological polar surface area (TPSA) is 168 Å². The first-order valence-corrected chi connectivity index (χ1v) is 13.3. The van der Waals surface area contributed by atoms with Gasteiger partial charge in [-0.05, 0) is 0 Å². The maximum Gasteiger partial charge on any atom is 0.270 e. The van der Waals surface area contributed by atoms with Crippen molar-refractivity contribution in [2.45, 2.75) is 11.3 Å². The van der Waals surface area contributed by atoms with Crippen molar-refractivity contribution in [3.63, 3.8) is 0 Å². The number of piperazine rings is 2. The molecule has 5 N–H and O–H groups in total. The van der Waals surface area contributed by atoms with Gasteiger partial charge in [-0.1, -0.05) is 0 Å². The highest BCUT2D eigenvalue weighted by molar-refractivity contribution is 7.86. The Bertz CT molecular complexity index is 738. The van der Waals surface area contributed by atoms with Crippen LogP contribution in [0.1, 0.15) is 0 Å². The van der Waals surface area contributed by atoms with Crippen LogP contribution >= 0.6 is 0 Å². The van der Waals surface area contributed by atoms with Crippen LogP contribution in [-0.4, -0.2) is 153 Å². The maximum atomic E-state index is 12.2. The van der Waals surface area contributed by atoms with Gasteiger partial charge in [0, 0.05) is 45.8 Å². The summed E-state index contributed by atoms with van der Waals surface area (Å²) in [5.41, 5.74) is 0. The molecule has 2 rings (SSSR count). The third kappa shape index (κ3) is 7.93. The zero-order valence-corrected chi connectivity index (χ0v) is 18.8. The van der Waals surface area contributed by atoms with Gasteiger partial charge in [0.15, 0.2) is 0 Å². The van der Waals surface area contributed by atoms with Crippen molar-refractivity contribution >= 4 is 20.2 Å². The second-order valence-electron chi connectivity index (χ2n) is 8.18. The number of hydrogen-bond acceptors (Lipinski definition) is 9. The van der Waals surface area contributed by atoms with Gasteiger partial charge in [0.2, 0.25) is 0 Å². The second-order valence-corrected chi connectivity index (χ2v) is 11.4. The minimum atomic E-state index is -4.39. The van der Waals surface area contributed by atoms with E-state index in [9.17, 15) is 26.5 Å². The number of rotatable bonds is 11. The number of nitrogens with zero attached hydrogens (tertiary/aromatic N) is 3. The van der Waals surface area contributed by atoms with Crippen molar-refractivity contribution in [3.8, 4) is 0 Å². The van der Waals surface area contributed by atoms with Crippen molar-refractivity contribution in [3.05, 3.63) is 0 Å². The fourth-order valence-corrected chi connectivity index (χ4v) is 5.98. The summed E-state index contributed by atoms with van der Waals surface area (Å²) in [6, 6.07) is -0.628. The Morgan fingerprint density at radius 2 is 1.60 bits per heavy atom. The quantitative estimate of drug-likeness (QED) is 0.149. The number of hydrogen-bond donors (Lipinski definition) is 5. The average Bonchev–Trinajstić information content (AvgIpc) is 2.65. The highest BCUT2D eigenvalue weighted by Crippen LogP contribution is 2.19. The molecule has 178 valence electrons. The lowest BCUT2D eigenvalue weighted by atomic mass is 10.1. The molecule has 2 aliphatic rings. The Kier molecular flexibility index (Phi) is 9.42. The van der Waals surface area contributed by atoms with E-state index in [1.165, 1.54) is 0 Å². The fourth-order valence-electron chi connectivity index (χ4n) is 4.37. The molecule has 12 nitrogen and oxygen atoms in total. The lowest BCUT2D eigenvalue weighted by Crippen LogP contribution is -2.68. The minimum Gasteiger partial charge on any atom is -0.395 e. The molecule has 0 spiro atoms. The first-order chi connectivity index (χ1) is 14.0. The third-order valence-electron chi connectivity index (χ3n) is 6.13. The van der Waals surface area contributed by atoms with Gasteiger partial charge in [0.05, 0.1) is 38.9 Å². The van der Waals surface area contributed by atoms with Crippen molar-refractivity contribution < 1.29 is 40.6 Å². The number of quaternary nitrogens is 1. The van der Waals surface area contributed by atoms with Crippen LogP contribution in [0.4, 0.5) is 0 Å². The summed E-state index contributed by atoms with van der Waals surface area (Å²) in [6.07, 6.45) is 0. The molecule has 30 heavy (non-hydrogen) atoms. The van der Waals surface area contributed by atoms with Crippen LogP contribution in [-0.2, 0) is 20.2 Å². The molecule has 2 heterocycles. The van der Waals surface area contributed by atoms with Crippen molar-refractivity contribution in [2.24, 2.45) is 0 Å². The van der Waals surface area contributed by atoms with E-state index in [0.717, 1.165) is 0 Å². The zero-order chi connectivity index (χ0) is 22.4. The van der Waals surface area contributed by atoms with Crippen LogP contribution in [0.2, 0.25) is 0 Å². The molecule has 0 saturated carbocycles. The molecule has 0 amide bonds. The van der Waals surface area contributed by atoms with Gasteiger partial charge in [0.1, 0.15) is 17.5 Å². The van der Waals surface area contributed by atoms with Crippen molar-refractivity contribution in [2.75, 3.05) is 91.0 Å². The second kappa shape index (κ2) is 10.9. The molecular formula is C16H35N4O8S2+. The van der Waals surface area contributed by atoms with Crippen LogP contribution in [0.25, 0.3) is 0 Å². The SMILES string of the molecule is O=S(=O)(O)CC[N+]1(CCO)CCNC(C(CN2CCN(CCO)CC2)S(=O)(=O)O)C1. The number of aliphatic hydroxyl groups excluding tert-OH is 2. The van der Waals surface area contributed by atoms with Gasteiger partial charge >= 0.3 is 0 Å². The molecule has 3 unspecified atom stereocenters. The van der Waals surface area contributed by atoms with Crippen LogP contribution < -0.4 is 5.32 Å². The molecule has 2 fully saturated rings. The van der Waals surface area contributed by atoms with Crippen LogP contribution in [0, 0.1) is 0 Å². The lowest BCUT2D eigenvalue weighted by molar-refractivity contribution is -0.930. The molecule has 2 saturated heterocycles. The van der Waals surface area contributed by atoms with Crippen molar-refractivity contribution in [1.82, 2.24) is 15.1 Å². The van der Waals surface area contributed by atoms with Crippen LogP contribution in [0.15, 0.2) is 0 Å². The molecule has 0 bridgehead atoms. The lowest BCUT2D eigenvalue weighted by Gasteiger charge is -2.46. The van der Waals surface area contributed by atoms with Gasteiger partial charge in [-0.15, -0.1) is 0 Å². The normalized spacial score (nSPS) is 28.5. The van der Waals surface area contributed by atoms with E-state index in [-0.39, 0.29) is 43.9 Å². The van der Waals surface area contributed by atoms with E-state index < -0.39 is 37.3 Å². The Hall–Kier alpha value is -0.420. The predicted molar refractivity (Wildman–Crippen MR) is 110 cm³/mol. The van der Waals surface area contributed by atoms with E-state index in [4.69, 9.17) is 9.66 Å². The third-order valence-corrected chi connectivity index (χ3v) is 8.07. The molecule has 0 radical (unpaired) electrons. The molecule has 0 aromatic heterocycles. The molecule has 0 aromatic rings. The first kappa shape index (κ1) is 25.8. The number of β-amino-alcohol motifs (C(OH)–C–C–N with tert-alkyl or cyclic N) is 1. The maximum absolute atomic E-state index is 12.2. The van der Waals surface area contributed by atoms with E-state index in [2.05, 4.69) is 10.2 Å². The Labute approximate surface area is 178 Å². The summed E-state index contributed by atoms with van der Waals surface area (Å²) in [5.74, 6) is -0.483. The van der Waals surface area contributed by atoms with Crippen LogP contribution in [0.5, 0.6) is 0 Å². The standard InChI is InChI=1S/C16H34N4O8S2/c21-10-6-18-2-4-19(5-3-18)13-16(30(26,27)28)15-14-20(8-11-22,7-1-17-15)9-12-29(23,24)25/h15-17,21-22H,1-14H2,(H-,23,24,25,26,27,28)/p+1. The molecule has 14 heteroatoms. The Morgan fingerprint density at radius 3 is 2.13 bits per heavy atom. The molecule has 0 aliphatic carbocycles. The van der Waals surface area contributed by atoms with Gasteiger partial charge in [-0.3, -0.25) is 18.9 Å². The predicted octanol–water partition coefficient (Wildman–Crippen LogP) is -3.48. The number of nitrogens with one attached hydrogen (secondary N) is 1. The molecule has 3 atom stereocenters. The van der Waals surface area contributed by atoms with Gasteiger partial charge < -0.3 is 20.0 Å². The Balaban J connectivity index is 2.10. The summed E-state index contributed by atoms with van der Waals surface area (Å²) in [4.78, 5) is 4.04. The van der Waals surface area contributed by atoms with Crippen molar-refractivity contribution in [1.29, 1.82) is 0 Å². The van der Waals surface area contributed by atoms with E-state index in [1.54, 1.807) is 0 Å². The van der Waals surface area contributed by atoms with Crippen LogP contribution in [0.3, 0.4) is 0 Å². The van der Waals surface area contributed by atoms with Gasteiger partial charge in [-0.25, -0.2) is 0 Å². The summed E-state index contributed by atoms with van der Waals surface area (Å²) < 4.78 is 66.1. The smallest absolute Gasteiger partial charge is 0.270 e. The summed E-state index contributed by atoms with van der Waals surface area (Å²) in [6.45, 7) is 4.51. The average molecular weight is 476 g/mol. The molecule has 2 aliphatic heterocycles. The monoisotopic (exact) mass is 475 g/mol. The first-order valence-electron chi connectivity index (χ1n) is 10.1.